The molecule has 0 fully saturated rings. The Morgan fingerprint density at radius 1 is 1.39 bits per heavy atom. The first-order chi connectivity index (χ1) is 10.9. The van der Waals surface area contributed by atoms with Gasteiger partial charge in [0.1, 0.15) is 6.54 Å². The molecule has 23 heavy (non-hydrogen) atoms. The zero-order valence-electron chi connectivity index (χ0n) is 12.4. The maximum Gasteiger partial charge on any atom is 0.408 e. The summed E-state index contributed by atoms with van der Waals surface area (Å²) in [7, 11) is 0. The van der Waals surface area contributed by atoms with Gasteiger partial charge < -0.3 is 10.6 Å². The van der Waals surface area contributed by atoms with Crippen LogP contribution in [0.15, 0.2) is 18.6 Å². The maximum absolute atomic E-state index is 12.2. The molecule has 2 aromatic heterocycles. The van der Waals surface area contributed by atoms with Gasteiger partial charge in [0.2, 0.25) is 0 Å². The Kier molecular flexibility index (Phi) is 5.59. The summed E-state index contributed by atoms with van der Waals surface area (Å²) < 4.78 is 37.3. The van der Waals surface area contributed by atoms with Crippen LogP contribution in [0.5, 0.6) is 0 Å². The lowest BCUT2D eigenvalue weighted by Gasteiger charge is -2.06. The predicted molar refractivity (Wildman–Crippen MR) is 80.5 cm³/mol. The van der Waals surface area contributed by atoms with Crippen LogP contribution in [0.25, 0.3) is 0 Å². The molecule has 126 valence electrons. The van der Waals surface area contributed by atoms with Gasteiger partial charge in [-0.15, -0.1) is 11.3 Å². The molecule has 0 unspecified atom stereocenters. The van der Waals surface area contributed by atoms with Gasteiger partial charge in [0.05, 0.1) is 16.9 Å². The van der Waals surface area contributed by atoms with Crippen LogP contribution in [-0.2, 0) is 19.4 Å². The third-order valence-corrected chi connectivity index (χ3v) is 4.01. The number of halogens is 3. The van der Waals surface area contributed by atoms with Crippen LogP contribution < -0.4 is 10.6 Å². The van der Waals surface area contributed by atoms with E-state index in [0.29, 0.717) is 13.0 Å². The Morgan fingerprint density at radius 3 is 2.83 bits per heavy atom. The van der Waals surface area contributed by atoms with E-state index in [-0.39, 0.29) is 5.69 Å². The Bertz CT molecular complexity index is 652. The van der Waals surface area contributed by atoms with Crippen LogP contribution >= 0.6 is 11.3 Å². The summed E-state index contributed by atoms with van der Waals surface area (Å²) in [6.07, 6.45) is 1.28. The van der Waals surface area contributed by atoms with Crippen LogP contribution in [0.4, 0.5) is 23.7 Å². The number of rotatable bonds is 6. The van der Waals surface area contributed by atoms with E-state index in [0.717, 1.165) is 22.3 Å². The fourth-order valence-electron chi connectivity index (χ4n) is 1.78. The van der Waals surface area contributed by atoms with Crippen LogP contribution in [0, 0.1) is 0 Å². The third-order valence-electron chi connectivity index (χ3n) is 2.81. The Morgan fingerprint density at radius 2 is 2.17 bits per heavy atom. The molecule has 0 spiro atoms. The highest BCUT2D eigenvalue weighted by atomic mass is 32.1. The van der Waals surface area contributed by atoms with Crippen LogP contribution in [0.3, 0.4) is 0 Å². The lowest BCUT2D eigenvalue weighted by Crippen LogP contribution is -2.30. The van der Waals surface area contributed by atoms with Crippen molar-refractivity contribution >= 4 is 23.1 Å². The van der Waals surface area contributed by atoms with Crippen molar-refractivity contribution in [1.29, 1.82) is 0 Å². The molecule has 2 heterocycles. The molecule has 0 aliphatic rings. The first-order valence-electron chi connectivity index (χ1n) is 6.93. The van der Waals surface area contributed by atoms with E-state index < -0.39 is 18.8 Å². The predicted octanol–water partition coefficient (Wildman–Crippen LogP) is 2.83. The molecule has 0 aliphatic heterocycles. The average molecular weight is 347 g/mol. The second-order valence-electron chi connectivity index (χ2n) is 4.75. The molecule has 0 saturated carbocycles. The summed E-state index contributed by atoms with van der Waals surface area (Å²) in [6.45, 7) is 1.24. The molecule has 2 rings (SSSR count). The topological polar surface area (TPSA) is 71.8 Å². The minimum Gasteiger partial charge on any atom is -0.337 e. The van der Waals surface area contributed by atoms with Crippen molar-refractivity contribution in [1.82, 2.24) is 20.1 Å². The number of amides is 2. The fraction of sp³-hybridized carbons (Fsp3) is 0.462. The third kappa shape index (κ3) is 5.89. The van der Waals surface area contributed by atoms with Gasteiger partial charge in [-0.1, -0.05) is 6.92 Å². The second-order valence-corrected chi connectivity index (χ2v) is 5.95. The van der Waals surface area contributed by atoms with E-state index >= 15 is 0 Å². The van der Waals surface area contributed by atoms with Gasteiger partial charge in [-0.3, -0.25) is 4.68 Å². The minimum atomic E-state index is -4.35. The van der Waals surface area contributed by atoms with Crippen LogP contribution in [0.2, 0.25) is 0 Å². The Hall–Kier alpha value is -2.10. The van der Waals surface area contributed by atoms with Crippen molar-refractivity contribution in [2.24, 2.45) is 0 Å². The minimum absolute atomic E-state index is 0.203. The van der Waals surface area contributed by atoms with Crippen LogP contribution in [0.1, 0.15) is 16.8 Å². The number of hydrogen-bond acceptors (Lipinski definition) is 4. The zero-order valence-corrected chi connectivity index (χ0v) is 13.2. The molecule has 0 atom stereocenters. The molecule has 0 aliphatic carbocycles. The number of hydrogen-bond donors (Lipinski definition) is 2. The standard InChI is InChI=1S/C13H16F3N5OS/c1-2-10-6-18-11(23-10)3-4-17-12(22)20-9-5-19-21(7-9)8-13(14,15)16/h5-7H,2-4,8H2,1H3,(H2,17,20,22). The molecule has 0 radical (unpaired) electrons. The highest BCUT2D eigenvalue weighted by Crippen LogP contribution is 2.18. The smallest absolute Gasteiger partial charge is 0.337 e. The van der Waals surface area contributed by atoms with Crippen molar-refractivity contribution < 1.29 is 18.0 Å². The summed E-state index contributed by atoms with van der Waals surface area (Å²) in [4.78, 5) is 17.1. The molecule has 2 N–H and O–H groups in total. The lowest BCUT2D eigenvalue weighted by atomic mass is 10.4. The maximum atomic E-state index is 12.2. The first-order valence-corrected chi connectivity index (χ1v) is 7.75. The van der Waals surface area contributed by atoms with Gasteiger partial charge in [0.25, 0.3) is 0 Å². The Balaban J connectivity index is 1.74. The summed E-state index contributed by atoms with van der Waals surface area (Å²) in [6, 6.07) is -0.496. The van der Waals surface area contributed by atoms with Crippen molar-refractivity contribution in [3.63, 3.8) is 0 Å². The number of anilines is 1. The average Bonchev–Trinajstić information content (AvgIpc) is 3.06. The molecule has 10 heteroatoms. The van der Waals surface area contributed by atoms with E-state index in [1.54, 1.807) is 11.3 Å². The summed E-state index contributed by atoms with van der Waals surface area (Å²) in [5, 5.41) is 9.53. The number of nitrogens with one attached hydrogen (secondary N) is 2. The number of aromatic nitrogens is 3. The largest absolute Gasteiger partial charge is 0.408 e. The number of carbonyl (C=O) groups excluding carboxylic acids is 1. The van der Waals surface area contributed by atoms with Crippen molar-refractivity contribution in [2.75, 3.05) is 11.9 Å². The van der Waals surface area contributed by atoms with E-state index in [1.807, 2.05) is 13.1 Å². The van der Waals surface area contributed by atoms with Gasteiger partial charge in [-0.2, -0.15) is 18.3 Å². The quantitative estimate of drug-likeness (QED) is 0.844. The van der Waals surface area contributed by atoms with E-state index in [4.69, 9.17) is 0 Å². The second kappa shape index (κ2) is 7.44. The highest BCUT2D eigenvalue weighted by Gasteiger charge is 2.28. The normalized spacial score (nSPS) is 11.5. The summed E-state index contributed by atoms with van der Waals surface area (Å²) in [5.74, 6) is 0. The zero-order chi connectivity index (χ0) is 16.9. The molecular formula is C13H16F3N5OS. The fourth-order valence-corrected chi connectivity index (χ4v) is 2.65. The monoisotopic (exact) mass is 347 g/mol. The van der Waals surface area contributed by atoms with E-state index in [9.17, 15) is 18.0 Å². The van der Waals surface area contributed by atoms with Crippen molar-refractivity contribution in [3.05, 3.63) is 28.5 Å². The first kappa shape index (κ1) is 17.3. The number of aryl methyl sites for hydroxylation is 1. The SMILES string of the molecule is CCc1cnc(CCNC(=O)Nc2cnn(CC(F)(F)F)c2)s1. The highest BCUT2D eigenvalue weighted by molar-refractivity contribution is 7.11. The van der Waals surface area contributed by atoms with Crippen molar-refractivity contribution in [2.45, 2.75) is 32.5 Å². The van der Waals surface area contributed by atoms with Crippen LogP contribution in [-0.4, -0.2) is 33.5 Å². The number of urea groups is 1. The molecule has 0 aromatic carbocycles. The number of thiazole rings is 1. The summed E-state index contributed by atoms with van der Waals surface area (Å²) >= 11 is 1.59. The molecular weight excluding hydrogens is 331 g/mol. The van der Waals surface area contributed by atoms with E-state index in [2.05, 4.69) is 20.7 Å². The number of carbonyl (C=O) groups is 1. The molecule has 2 amide bonds. The van der Waals surface area contributed by atoms with Crippen molar-refractivity contribution in [3.8, 4) is 0 Å². The Labute approximate surface area is 134 Å². The van der Waals surface area contributed by atoms with E-state index in [1.165, 1.54) is 11.1 Å². The van der Waals surface area contributed by atoms with Gasteiger partial charge in [0, 0.05) is 30.2 Å². The molecule has 2 aromatic rings. The van der Waals surface area contributed by atoms with Gasteiger partial charge in [-0.25, -0.2) is 9.78 Å². The van der Waals surface area contributed by atoms with Gasteiger partial charge in [0.15, 0.2) is 0 Å². The molecule has 6 nitrogen and oxygen atoms in total. The number of nitrogens with zero attached hydrogens (tertiary/aromatic N) is 3. The van der Waals surface area contributed by atoms with Gasteiger partial charge >= 0.3 is 12.2 Å². The number of alkyl halides is 3. The molecule has 0 bridgehead atoms. The van der Waals surface area contributed by atoms with Gasteiger partial charge in [-0.05, 0) is 6.42 Å². The summed E-state index contributed by atoms with van der Waals surface area (Å²) in [5.41, 5.74) is 0.203. The molecule has 0 saturated heterocycles. The lowest BCUT2D eigenvalue weighted by molar-refractivity contribution is -0.142.